The standard InChI is InChI=1S/C21H27NO2/c1-6-20(19-12-9-15(3)13-16(19)4)22-21(23)17(5)24-18-10-7-14(2)8-11-18/h7-13,17,20H,6H2,1-5H3,(H,22,23)/t17-,20+/m1/s1. The van der Waals surface area contributed by atoms with Gasteiger partial charge in [0.15, 0.2) is 6.10 Å². The van der Waals surface area contributed by atoms with Crippen LogP contribution in [0.1, 0.15) is 48.6 Å². The van der Waals surface area contributed by atoms with E-state index in [2.05, 4.69) is 44.3 Å². The van der Waals surface area contributed by atoms with Crippen LogP contribution in [-0.4, -0.2) is 12.0 Å². The Labute approximate surface area is 145 Å². The number of ether oxygens (including phenoxy) is 1. The normalized spacial score (nSPS) is 13.2. The number of aryl methyl sites for hydroxylation is 3. The number of hydrogen-bond donors (Lipinski definition) is 1. The van der Waals surface area contributed by atoms with Gasteiger partial charge in [0.1, 0.15) is 5.75 Å². The van der Waals surface area contributed by atoms with Crippen molar-refractivity contribution in [3.8, 4) is 5.75 Å². The minimum atomic E-state index is -0.535. The van der Waals surface area contributed by atoms with Gasteiger partial charge in [0.25, 0.3) is 5.91 Å². The van der Waals surface area contributed by atoms with Crippen molar-refractivity contribution in [2.24, 2.45) is 0 Å². The SMILES string of the molecule is CC[C@H](NC(=O)[C@@H](C)Oc1ccc(C)cc1)c1ccc(C)cc1C. The second kappa shape index (κ2) is 8.00. The fourth-order valence-corrected chi connectivity index (χ4v) is 2.78. The van der Waals surface area contributed by atoms with E-state index >= 15 is 0 Å². The molecule has 24 heavy (non-hydrogen) atoms. The van der Waals surface area contributed by atoms with Gasteiger partial charge < -0.3 is 10.1 Å². The zero-order valence-corrected chi connectivity index (χ0v) is 15.2. The average molecular weight is 325 g/mol. The Morgan fingerprint density at radius 2 is 1.67 bits per heavy atom. The van der Waals surface area contributed by atoms with Crippen molar-refractivity contribution in [1.29, 1.82) is 0 Å². The molecule has 2 aromatic rings. The first-order valence-electron chi connectivity index (χ1n) is 8.51. The lowest BCUT2D eigenvalue weighted by Gasteiger charge is -2.22. The molecule has 128 valence electrons. The molecule has 3 nitrogen and oxygen atoms in total. The molecule has 0 saturated carbocycles. The van der Waals surface area contributed by atoms with Crippen molar-refractivity contribution in [2.45, 2.75) is 53.2 Å². The van der Waals surface area contributed by atoms with E-state index in [1.54, 1.807) is 6.92 Å². The van der Waals surface area contributed by atoms with Crippen LogP contribution in [-0.2, 0) is 4.79 Å². The van der Waals surface area contributed by atoms with E-state index in [1.165, 1.54) is 22.3 Å². The van der Waals surface area contributed by atoms with Crippen LogP contribution in [0.3, 0.4) is 0 Å². The molecule has 0 radical (unpaired) electrons. The topological polar surface area (TPSA) is 38.3 Å². The number of carbonyl (C=O) groups is 1. The number of amides is 1. The van der Waals surface area contributed by atoms with Gasteiger partial charge in [-0.15, -0.1) is 0 Å². The van der Waals surface area contributed by atoms with Crippen molar-refractivity contribution < 1.29 is 9.53 Å². The van der Waals surface area contributed by atoms with Crippen LogP contribution >= 0.6 is 0 Å². The smallest absolute Gasteiger partial charge is 0.261 e. The van der Waals surface area contributed by atoms with Crippen LogP contribution in [0.25, 0.3) is 0 Å². The van der Waals surface area contributed by atoms with E-state index in [0.717, 1.165) is 6.42 Å². The van der Waals surface area contributed by atoms with Crippen molar-refractivity contribution in [1.82, 2.24) is 5.32 Å². The molecule has 1 amide bonds. The Morgan fingerprint density at radius 3 is 2.25 bits per heavy atom. The third-order valence-electron chi connectivity index (χ3n) is 4.23. The minimum absolute atomic E-state index is 0.00201. The number of nitrogens with one attached hydrogen (secondary N) is 1. The Morgan fingerprint density at radius 1 is 1.04 bits per heavy atom. The molecule has 0 aromatic heterocycles. The maximum atomic E-state index is 12.5. The Balaban J connectivity index is 2.04. The van der Waals surface area contributed by atoms with Gasteiger partial charge in [0.2, 0.25) is 0 Å². The molecule has 0 unspecified atom stereocenters. The van der Waals surface area contributed by atoms with E-state index in [-0.39, 0.29) is 11.9 Å². The number of benzene rings is 2. The lowest BCUT2D eigenvalue weighted by Crippen LogP contribution is -2.38. The first-order valence-corrected chi connectivity index (χ1v) is 8.51. The van der Waals surface area contributed by atoms with Crippen molar-refractivity contribution >= 4 is 5.91 Å². The first-order chi connectivity index (χ1) is 11.4. The van der Waals surface area contributed by atoms with Crippen LogP contribution < -0.4 is 10.1 Å². The van der Waals surface area contributed by atoms with E-state index in [0.29, 0.717) is 5.75 Å². The summed E-state index contributed by atoms with van der Waals surface area (Å²) in [5.41, 5.74) is 4.77. The summed E-state index contributed by atoms with van der Waals surface area (Å²) in [4.78, 5) is 12.5. The molecule has 0 aliphatic heterocycles. The summed E-state index contributed by atoms with van der Waals surface area (Å²) in [6, 6.07) is 14.1. The fraction of sp³-hybridized carbons (Fsp3) is 0.381. The summed E-state index contributed by atoms with van der Waals surface area (Å²) < 4.78 is 5.75. The predicted octanol–water partition coefficient (Wildman–Crippen LogP) is 4.65. The molecule has 3 heteroatoms. The maximum Gasteiger partial charge on any atom is 0.261 e. The lowest BCUT2D eigenvalue weighted by atomic mass is 9.97. The van der Waals surface area contributed by atoms with E-state index in [1.807, 2.05) is 31.2 Å². The Bertz CT molecular complexity index is 691. The zero-order valence-electron chi connectivity index (χ0n) is 15.2. The molecule has 2 aromatic carbocycles. The van der Waals surface area contributed by atoms with Gasteiger partial charge in [-0.05, 0) is 57.4 Å². The fourth-order valence-electron chi connectivity index (χ4n) is 2.78. The summed E-state index contributed by atoms with van der Waals surface area (Å²) in [5.74, 6) is 0.616. The van der Waals surface area contributed by atoms with Crippen LogP contribution in [0.2, 0.25) is 0 Å². The van der Waals surface area contributed by atoms with Gasteiger partial charge in [-0.3, -0.25) is 4.79 Å². The molecule has 2 rings (SSSR count). The van der Waals surface area contributed by atoms with Crippen molar-refractivity contribution in [3.63, 3.8) is 0 Å². The van der Waals surface area contributed by atoms with Crippen molar-refractivity contribution in [2.75, 3.05) is 0 Å². The molecule has 0 spiro atoms. The van der Waals surface area contributed by atoms with Crippen LogP contribution in [0.5, 0.6) is 5.75 Å². The molecule has 0 aliphatic carbocycles. The molecule has 2 atom stereocenters. The molecular formula is C21H27NO2. The average Bonchev–Trinajstić information content (AvgIpc) is 2.55. The van der Waals surface area contributed by atoms with Gasteiger partial charge in [-0.2, -0.15) is 0 Å². The van der Waals surface area contributed by atoms with Gasteiger partial charge in [-0.25, -0.2) is 0 Å². The Hall–Kier alpha value is -2.29. The quantitative estimate of drug-likeness (QED) is 0.840. The predicted molar refractivity (Wildman–Crippen MR) is 98.4 cm³/mol. The molecule has 0 aliphatic rings. The molecule has 0 saturated heterocycles. The third kappa shape index (κ3) is 4.60. The summed E-state index contributed by atoms with van der Waals surface area (Å²) in [5, 5.41) is 3.11. The highest BCUT2D eigenvalue weighted by Crippen LogP contribution is 2.22. The monoisotopic (exact) mass is 325 g/mol. The second-order valence-corrected chi connectivity index (χ2v) is 6.40. The first kappa shape index (κ1) is 18.1. The van der Waals surface area contributed by atoms with Gasteiger partial charge in [-0.1, -0.05) is 48.4 Å². The maximum absolute atomic E-state index is 12.5. The number of hydrogen-bond acceptors (Lipinski definition) is 2. The minimum Gasteiger partial charge on any atom is -0.481 e. The van der Waals surface area contributed by atoms with E-state index < -0.39 is 6.10 Å². The van der Waals surface area contributed by atoms with Gasteiger partial charge in [0, 0.05) is 0 Å². The van der Waals surface area contributed by atoms with Crippen LogP contribution in [0, 0.1) is 20.8 Å². The summed E-state index contributed by atoms with van der Waals surface area (Å²) in [7, 11) is 0. The van der Waals surface area contributed by atoms with Gasteiger partial charge >= 0.3 is 0 Å². The Kier molecular flexibility index (Phi) is 6.02. The van der Waals surface area contributed by atoms with Crippen molar-refractivity contribution in [3.05, 3.63) is 64.7 Å². The zero-order chi connectivity index (χ0) is 17.7. The summed E-state index contributed by atoms with van der Waals surface area (Å²) in [6.07, 6.45) is 0.305. The highest BCUT2D eigenvalue weighted by Gasteiger charge is 2.20. The molecular weight excluding hydrogens is 298 g/mol. The molecule has 0 bridgehead atoms. The number of carbonyl (C=O) groups excluding carboxylic acids is 1. The molecule has 0 heterocycles. The second-order valence-electron chi connectivity index (χ2n) is 6.40. The third-order valence-corrected chi connectivity index (χ3v) is 4.23. The number of rotatable bonds is 6. The highest BCUT2D eigenvalue weighted by molar-refractivity contribution is 5.81. The van der Waals surface area contributed by atoms with E-state index in [9.17, 15) is 4.79 Å². The van der Waals surface area contributed by atoms with E-state index in [4.69, 9.17) is 4.74 Å². The lowest BCUT2D eigenvalue weighted by molar-refractivity contribution is -0.128. The van der Waals surface area contributed by atoms with Gasteiger partial charge in [0.05, 0.1) is 6.04 Å². The molecule has 1 N–H and O–H groups in total. The van der Waals surface area contributed by atoms with Crippen LogP contribution in [0.15, 0.2) is 42.5 Å². The molecule has 0 fully saturated rings. The van der Waals surface area contributed by atoms with Crippen LogP contribution in [0.4, 0.5) is 0 Å². The largest absolute Gasteiger partial charge is 0.481 e. The highest BCUT2D eigenvalue weighted by atomic mass is 16.5. The summed E-state index contributed by atoms with van der Waals surface area (Å²) >= 11 is 0. The summed E-state index contributed by atoms with van der Waals surface area (Å²) in [6.45, 7) is 10.0.